The first-order valence-electron chi connectivity index (χ1n) is 7.77. The van der Waals surface area contributed by atoms with E-state index < -0.39 is 36.1 Å². The molecule has 1 N–H and O–H groups in total. The summed E-state index contributed by atoms with van der Waals surface area (Å²) in [5.41, 5.74) is 0. The summed E-state index contributed by atoms with van der Waals surface area (Å²) in [4.78, 5) is 11.9. The van der Waals surface area contributed by atoms with Gasteiger partial charge in [0.05, 0.1) is 12.6 Å². The first-order chi connectivity index (χ1) is 10.7. The molecular weight excluding hydrogens is 302 g/mol. The Kier molecular flexibility index (Phi) is 4.15. The van der Waals surface area contributed by atoms with Gasteiger partial charge in [0, 0.05) is 0 Å². The van der Waals surface area contributed by atoms with Crippen molar-refractivity contribution < 1.29 is 28.5 Å². The highest BCUT2D eigenvalue weighted by Gasteiger charge is 2.58. The van der Waals surface area contributed by atoms with Crippen molar-refractivity contribution in [2.45, 2.75) is 76.8 Å². The van der Waals surface area contributed by atoms with Gasteiger partial charge in [0.2, 0.25) is 0 Å². The third-order valence-corrected chi connectivity index (χ3v) is 4.02. The number of hydrogen-bond acceptors (Lipinski definition) is 6. The number of ether oxygens (including phenoxy) is 5. The number of nitrogens with one attached hydrogen (secondary N) is 1. The van der Waals surface area contributed by atoms with Gasteiger partial charge >= 0.3 is 0 Å². The fraction of sp³-hybridized carbons (Fsp3) is 0.812. The number of rotatable bonds is 2. The number of fused-ring (bicyclic) bond motifs is 1. The maximum atomic E-state index is 11.9. The molecule has 7 nitrogen and oxygen atoms in total. The van der Waals surface area contributed by atoms with Crippen LogP contribution >= 0.6 is 0 Å². The van der Waals surface area contributed by atoms with E-state index in [9.17, 15) is 4.79 Å². The Labute approximate surface area is 135 Å². The molecule has 1 amide bonds. The monoisotopic (exact) mass is 325 g/mol. The van der Waals surface area contributed by atoms with Gasteiger partial charge in [-0.05, 0) is 40.5 Å². The first kappa shape index (κ1) is 16.7. The van der Waals surface area contributed by atoms with E-state index >= 15 is 0 Å². The predicted octanol–water partition coefficient (Wildman–Crippen LogP) is 0.522. The molecule has 3 saturated heterocycles. The van der Waals surface area contributed by atoms with Gasteiger partial charge in [-0.1, -0.05) is 5.92 Å². The molecule has 5 atom stereocenters. The smallest absolute Gasteiger partial charge is 0.296 e. The number of carbonyl (C=O) groups excluding carboxylic acids is 1. The van der Waals surface area contributed by atoms with E-state index in [0.717, 1.165) is 0 Å². The average Bonchev–Trinajstić information content (AvgIpc) is 3.01. The van der Waals surface area contributed by atoms with E-state index in [1.807, 2.05) is 27.7 Å². The molecule has 0 aromatic rings. The van der Waals surface area contributed by atoms with Gasteiger partial charge < -0.3 is 29.0 Å². The molecule has 7 heteroatoms. The molecule has 3 fully saturated rings. The van der Waals surface area contributed by atoms with E-state index in [4.69, 9.17) is 23.7 Å². The van der Waals surface area contributed by atoms with Crippen LogP contribution in [0.2, 0.25) is 0 Å². The molecule has 3 rings (SSSR count). The average molecular weight is 325 g/mol. The fourth-order valence-electron chi connectivity index (χ4n) is 3.19. The van der Waals surface area contributed by atoms with Gasteiger partial charge in [0.25, 0.3) is 5.91 Å². The summed E-state index contributed by atoms with van der Waals surface area (Å²) in [5, 5.41) is 2.87. The predicted molar refractivity (Wildman–Crippen MR) is 79.0 cm³/mol. The third kappa shape index (κ3) is 3.37. The zero-order chi connectivity index (χ0) is 16.8. The quantitative estimate of drug-likeness (QED) is 0.746. The SMILES string of the molecule is CC#CC(=O)N[C@@H]1[C@H]2OC(C)(C)O[C@H]2O[C@@H]1C1COC(C)(C)O1. The molecule has 0 radical (unpaired) electrons. The zero-order valence-electron chi connectivity index (χ0n) is 14.0. The Morgan fingerprint density at radius 3 is 2.43 bits per heavy atom. The van der Waals surface area contributed by atoms with Gasteiger partial charge in [-0.2, -0.15) is 0 Å². The summed E-state index contributed by atoms with van der Waals surface area (Å²) in [6.45, 7) is 9.30. The van der Waals surface area contributed by atoms with Crippen LogP contribution in [-0.2, 0) is 28.5 Å². The summed E-state index contributed by atoms with van der Waals surface area (Å²) >= 11 is 0. The van der Waals surface area contributed by atoms with Crippen molar-refractivity contribution in [2.24, 2.45) is 0 Å². The molecule has 3 heterocycles. The van der Waals surface area contributed by atoms with Crippen molar-refractivity contribution in [3.63, 3.8) is 0 Å². The van der Waals surface area contributed by atoms with E-state index in [1.54, 1.807) is 6.92 Å². The minimum absolute atomic E-state index is 0.314. The molecule has 1 unspecified atom stereocenters. The molecule has 0 aromatic heterocycles. The molecule has 3 aliphatic heterocycles. The lowest BCUT2D eigenvalue weighted by atomic mass is 10.0. The molecule has 0 spiro atoms. The Hall–Kier alpha value is -1.17. The lowest BCUT2D eigenvalue weighted by molar-refractivity contribution is -0.223. The van der Waals surface area contributed by atoms with E-state index in [1.165, 1.54) is 0 Å². The number of carbonyl (C=O) groups is 1. The van der Waals surface area contributed by atoms with Crippen LogP contribution in [0.4, 0.5) is 0 Å². The van der Waals surface area contributed by atoms with Crippen LogP contribution in [0.5, 0.6) is 0 Å². The van der Waals surface area contributed by atoms with Gasteiger partial charge in [0.15, 0.2) is 17.9 Å². The summed E-state index contributed by atoms with van der Waals surface area (Å²) in [7, 11) is 0. The second kappa shape index (κ2) is 5.72. The normalized spacial score (nSPS) is 40.3. The topological polar surface area (TPSA) is 75.3 Å². The Balaban J connectivity index is 1.78. The lowest BCUT2D eigenvalue weighted by Crippen LogP contribution is -2.52. The molecule has 128 valence electrons. The van der Waals surface area contributed by atoms with Crippen LogP contribution in [0, 0.1) is 11.8 Å². The standard InChI is InChI=1S/C16H23NO6/c1-6-7-10(18)17-11-12(9-8-19-15(2,3)21-9)20-14-13(11)22-16(4,5)23-14/h9,11-14H,8H2,1-5H3,(H,17,18)/t9?,11-,12+,13+,14+/m0/s1. The number of hydrogen-bond donors (Lipinski definition) is 1. The Morgan fingerprint density at radius 1 is 1.09 bits per heavy atom. The Bertz CT molecular complexity index is 549. The second-order valence-corrected chi connectivity index (χ2v) is 6.81. The van der Waals surface area contributed by atoms with Gasteiger partial charge in [-0.25, -0.2) is 0 Å². The molecule has 0 aliphatic carbocycles. The van der Waals surface area contributed by atoms with Crippen LogP contribution in [0.25, 0.3) is 0 Å². The van der Waals surface area contributed by atoms with Gasteiger partial charge in [-0.15, -0.1) is 0 Å². The Morgan fingerprint density at radius 2 is 1.83 bits per heavy atom. The van der Waals surface area contributed by atoms with Crippen LogP contribution in [-0.4, -0.2) is 54.7 Å². The van der Waals surface area contributed by atoms with Crippen molar-refractivity contribution in [1.82, 2.24) is 5.32 Å². The summed E-state index contributed by atoms with van der Waals surface area (Å²) < 4.78 is 29.1. The van der Waals surface area contributed by atoms with Crippen LogP contribution in [0.3, 0.4) is 0 Å². The summed E-state index contributed by atoms with van der Waals surface area (Å²) in [6, 6.07) is -0.419. The highest BCUT2D eigenvalue weighted by atomic mass is 16.8. The molecular formula is C16H23NO6. The van der Waals surface area contributed by atoms with E-state index in [-0.39, 0.29) is 12.0 Å². The molecule has 0 saturated carbocycles. The van der Waals surface area contributed by atoms with Crippen molar-refractivity contribution in [1.29, 1.82) is 0 Å². The van der Waals surface area contributed by atoms with Crippen molar-refractivity contribution >= 4 is 5.91 Å². The van der Waals surface area contributed by atoms with Crippen molar-refractivity contribution in [3.8, 4) is 11.8 Å². The highest BCUT2D eigenvalue weighted by molar-refractivity contribution is 5.93. The third-order valence-electron chi connectivity index (χ3n) is 4.02. The molecule has 23 heavy (non-hydrogen) atoms. The summed E-state index contributed by atoms with van der Waals surface area (Å²) in [5.74, 6) is 3.25. The minimum Gasteiger partial charge on any atom is -0.348 e. The molecule has 0 aromatic carbocycles. The van der Waals surface area contributed by atoms with Gasteiger partial charge in [-0.3, -0.25) is 4.79 Å². The maximum absolute atomic E-state index is 11.9. The van der Waals surface area contributed by atoms with Crippen LogP contribution in [0.15, 0.2) is 0 Å². The van der Waals surface area contributed by atoms with E-state index in [0.29, 0.717) is 6.61 Å². The highest BCUT2D eigenvalue weighted by Crippen LogP contribution is 2.40. The largest absolute Gasteiger partial charge is 0.348 e. The molecule has 3 aliphatic rings. The second-order valence-electron chi connectivity index (χ2n) is 6.81. The maximum Gasteiger partial charge on any atom is 0.296 e. The fourth-order valence-corrected chi connectivity index (χ4v) is 3.19. The van der Waals surface area contributed by atoms with Crippen molar-refractivity contribution in [3.05, 3.63) is 0 Å². The van der Waals surface area contributed by atoms with E-state index in [2.05, 4.69) is 17.2 Å². The lowest BCUT2D eigenvalue weighted by Gasteiger charge is -2.29. The molecule has 0 bridgehead atoms. The van der Waals surface area contributed by atoms with Gasteiger partial charge in [0.1, 0.15) is 18.3 Å². The van der Waals surface area contributed by atoms with Crippen LogP contribution in [0.1, 0.15) is 34.6 Å². The zero-order valence-corrected chi connectivity index (χ0v) is 14.0. The first-order valence-corrected chi connectivity index (χ1v) is 7.77. The van der Waals surface area contributed by atoms with Crippen LogP contribution < -0.4 is 5.32 Å². The minimum atomic E-state index is -0.758. The van der Waals surface area contributed by atoms with Crippen molar-refractivity contribution in [2.75, 3.05) is 6.61 Å². The number of amides is 1. The summed E-state index contributed by atoms with van der Waals surface area (Å²) in [6.07, 6.45) is -1.71.